The number of rotatable bonds is 1. The lowest BCUT2D eigenvalue weighted by Crippen LogP contribution is -2.02. The van der Waals surface area contributed by atoms with Gasteiger partial charge >= 0.3 is 0 Å². The van der Waals surface area contributed by atoms with Crippen LogP contribution in [0.1, 0.15) is 17.4 Å². The zero-order valence-electron chi connectivity index (χ0n) is 10.5. The Morgan fingerprint density at radius 1 is 1.25 bits per heavy atom. The molecule has 1 unspecified atom stereocenters. The van der Waals surface area contributed by atoms with E-state index in [1.165, 1.54) is 0 Å². The molecule has 0 aliphatic carbocycles. The van der Waals surface area contributed by atoms with Crippen molar-refractivity contribution in [3.63, 3.8) is 0 Å². The van der Waals surface area contributed by atoms with Gasteiger partial charge in [0.1, 0.15) is 17.9 Å². The second-order valence-electron chi connectivity index (χ2n) is 4.80. The number of benzene rings is 2. The highest BCUT2D eigenvalue weighted by Gasteiger charge is 2.29. The highest BCUT2D eigenvalue weighted by molar-refractivity contribution is 9.10. The van der Waals surface area contributed by atoms with E-state index in [0.29, 0.717) is 23.8 Å². The van der Waals surface area contributed by atoms with Crippen LogP contribution in [0.3, 0.4) is 0 Å². The quantitative estimate of drug-likeness (QED) is 0.691. The SMILES string of the molecule is Nc1cc(Br)cc2nc(C3COc4ccccc43)oc12. The number of fused-ring (bicyclic) bond motifs is 2. The maximum absolute atomic E-state index is 5.97. The molecule has 4 nitrogen and oxygen atoms in total. The average molecular weight is 331 g/mol. The highest BCUT2D eigenvalue weighted by atomic mass is 79.9. The standard InChI is InChI=1S/C15H11BrN2O2/c16-8-5-11(17)14-12(6-8)18-15(20-14)10-7-19-13-4-2-1-3-9(10)13/h1-6,10H,7,17H2. The third kappa shape index (κ3) is 1.70. The zero-order chi connectivity index (χ0) is 13.7. The first-order chi connectivity index (χ1) is 9.72. The van der Waals surface area contributed by atoms with Crippen LogP contribution in [-0.2, 0) is 0 Å². The number of nitrogens with zero attached hydrogens (tertiary/aromatic N) is 1. The van der Waals surface area contributed by atoms with Crippen molar-refractivity contribution in [2.75, 3.05) is 12.3 Å². The van der Waals surface area contributed by atoms with E-state index >= 15 is 0 Å². The van der Waals surface area contributed by atoms with Crippen molar-refractivity contribution in [1.29, 1.82) is 0 Å². The Balaban J connectivity index is 1.86. The summed E-state index contributed by atoms with van der Waals surface area (Å²) >= 11 is 3.42. The van der Waals surface area contributed by atoms with Crippen molar-refractivity contribution >= 4 is 32.7 Å². The maximum Gasteiger partial charge on any atom is 0.206 e. The second-order valence-corrected chi connectivity index (χ2v) is 5.71. The summed E-state index contributed by atoms with van der Waals surface area (Å²) in [6, 6.07) is 11.7. The topological polar surface area (TPSA) is 61.3 Å². The van der Waals surface area contributed by atoms with E-state index in [1.807, 2.05) is 36.4 Å². The highest BCUT2D eigenvalue weighted by Crippen LogP contribution is 2.39. The van der Waals surface area contributed by atoms with Crippen LogP contribution in [-0.4, -0.2) is 11.6 Å². The normalized spacial score (nSPS) is 17.1. The fourth-order valence-corrected chi connectivity index (χ4v) is 3.02. The van der Waals surface area contributed by atoms with Crippen molar-refractivity contribution in [3.05, 3.63) is 52.3 Å². The van der Waals surface area contributed by atoms with Crippen molar-refractivity contribution in [3.8, 4) is 5.75 Å². The third-order valence-corrected chi connectivity index (χ3v) is 3.96. The van der Waals surface area contributed by atoms with E-state index in [2.05, 4.69) is 20.9 Å². The van der Waals surface area contributed by atoms with Crippen LogP contribution in [0.15, 0.2) is 45.3 Å². The molecule has 1 aromatic heterocycles. The van der Waals surface area contributed by atoms with Gasteiger partial charge in [0.15, 0.2) is 5.58 Å². The van der Waals surface area contributed by atoms with Crippen LogP contribution >= 0.6 is 15.9 Å². The Hall–Kier alpha value is -2.01. The smallest absolute Gasteiger partial charge is 0.206 e. The van der Waals surface area contributed by atoms with Crippen molar-refractivity contribution in [2.45, 2.75) is 5.92 Å². The number of para-hydroxylation sites is 1. The van der Waals surface area contributed by atoms with Gasteiger partial charge in [-0.2, -0.15) is 0 Å². The Bertz CT molecular complexity index is 813. The molecule has 0 bridgehead atoms. The molecule has 20 heavy (non-hydrogen) atoms. The van der Waals surface area contributed by atoms with Gasteiger partial charge in [-0.1, -0.05) is 34.1 Å². The van der Waals surface area contributed by atoms with Crippen LogP contribution < -0.4 is 10.5 Å². The Kier molecular flexibility index (Phi) is 2.50. The molecule has 1 atom stereocenters. The Labute approximate surface area is 123 Å². The summed E-state index contributed by atoms with van der Waals surface area (Å²) < 4.78 is 12.4. The van der Waals surface area contributed by atoms with E-state index in [9.17, 15) is 0 Å². The molecule has 4 rings (SSSR count). The van der Waals surface area contributed by atoms with Gasteiger partial charge in [0.05, 0.1) is 11.6 Å². The molecular formula is C15H11BrN2O2. The average Bonchev–Trinajstić information content (AvgIpc) is 3.01. The number of oxazole rings is 1. The molecule has 2 N–H and O–H groups in total. The van der Waals surface area contributed by atoms with Gasteiger partial charge in [0, 0.05) is 10.0 Å². The molecule has 0 saturated heterocycles. The second kappa shape index (κ2) is 4.24. The van der Waals surface area contributed by atoms with Crippen LogP contribution in [0.5, 0.6) is 5.75 Å². The molecule has 1 aliphatic rings. The number of hydrogen-bond donors (Lipinski definition) is 1. The predicted molar refractivity (Wildman–Crippen MR) is 79.9 cm³/mol. The summed E-state index contributed by atoms with van der Waals surface area (Å²) in [7, 11) is 0. The maximum atomic E-state index is 5.97. The van der Waals surface area contributed by atoms with Gasteiger partial charge in [-0.15, -0.1) is 0 Å². The molecule has 0 fully saturated rings. The molecule has 2 heterocycles. The number of anilines is 1. The molecule has 1 aliphatic heterocycles. The first-order valence-corrected chi connectivity index (χ1v) is 7.09. The summed E-state index contributed by atoms with van der Waals surface area (Å²) in [5.41, 5.74) is 9.05. The molecule has 5 heteroatoms. The molecular weight excluding hydrogens is 320 g/mol. The van der Waals surface area contributed by atoms with Gasteiger partial charge in [0.2, 0.25) is 5.89 Å². The van der Waals surface area contributed by atoms with E-state index in [-0.39, 0.29) is 5.92 Å². The lowest BCUT2D eigenvalue weighted by Gasteiger charge is -2.02. The van der Waals surface area contributed by atoms with Gasteiger partial charge in [0.25, 0.3) is 0 Å². The van der Waals surface area contributed by atoms with Crippen LogP contribution in [0.2, 0.25) is 0 Å². The summed E-state index contributed by atoms with van der Waals surface area (Å²) in [6.45, 7) is 0.549. The van der Waals surface area contributed by atoms with Crippen molar-refractivity contribution in [2.24, 2.45) is 0 Å². The molecule has 2 aromatic carbocycles. The number of aromatic nitrogens is 1. The number of halogens is 1. The van der Waals surface area contributed by atoms with Gasteiger partial charge < -0.3 is 14.9 Å². The summed E-state index contributed by atoms with van der Waals surface area (Å²) in [6.07, 6.45) is 0. The number of hydrogen-bond acceptors (Lipinski definition) is 4. The van der Waals surface area contributed by atoms with E-state index in [1.54, 1.807) is 0 Å². The molecule has 0 radical (unpaired) electrons. The zero-order valence-corrected chi connectivity index (χ0v) is 12.1. The van der Waals surface area contributed by atoms with Gasteiger partial charge in [-0.3, -0.25) is 0 Å². The van der Waals surface area contributed by atoms with Crippen LogP contribution in [0.4, 0.5) is 5.69 Å². The Morgan fingerprint density at radius 2 is 2.10 bits per heavy atom. The Morgan fingerprint density at radius 3 is 3.00 bits per heavy atom. The lowest BCUT2D eigenvalue weighted by molar-refractivity contribution is 0.327. The molecule has 100 valence electrons. The molecule has 0 saturated carbocycles. The summed E-state index contributed by atoms with van der Waals surface area (Å²) in [5.74, 6) is 1.57. The first-order valence-electron chi connectivity index (χ1n) is 6.29. The van der Waals surface area contributed by atoms with Gasteiger partial charge in [-0.05, 0) is 18.2 Å². The summed E-state index contributed by atoms with van der Waals surface area (Å²) in [5, 5.41) is 0. The van der Waals surface area contributed by atoms with E-state index in [4.69, 9.17) is 14.9 Å². The minimum absolute atomic E-state index is 0.0248. The molecule has 0 spiro atoms. The molecule has 3 aromatic rings. The largest absolute Gasteiger partial charge is 0.492 e. The monoisotopic (exact) mass is 330 g/mol. The van der Waals surface area contributed by atoms with Crippen molar-refractivity contribution in [1.82, 2.24) is 4.98 Å². The predicted octanol–water partition coefficient (Wildman–Crippen LogP) is 3.70. The number of ether oxygens (including phenoxy) is 1. The molecule has 0 amide bonds. The number of nitrogens with two attached hydrogens (primary N) is 1. The van der Waals surface area contributed by atoms with Crippen LogP contribution in [0.25, 0.3) is 11.1 Å². The lowest BCUT2D eigenvalue weighted by atomic mass is 10.0. The van der Waals surface area contributed by atoms with E-state index < -0.39 is 0 Å². The van der Waals surface area contributed by atoms with Gasteiger partial charge in [-0.25, -0.2) is 4.98 Å². The minimum Gasteiger partial charge on any atom is -0.492 e. The third-order valence-electron chi connectivity index (χ3n) is 3.50. The fourth-order valence-electron chi connectivity index (χ4n) is 2.56. The van der Waals surface area contributed by atoms with Crippen molar-refractivity contribution < 1.29 is 9.15 Å². The fraction of sp³-hybridized carbons (Fsp3) is 0.133. The van der Waals surface area contributed by atoms with Crippen LogP contribution in [0, 0.1) is 0 Å². The summed E-state index contributed by atoms with van der Waals surface area (Å²) in [4.78, 5) is 4.56. The minimum atomic E-state index is 0.0248. The first kappa shape index (κ1) is 11.8. The number of nitrogen functional groups attached to an aromatic ring is 1. The van der Waals surface area contributed by atoms with E-state index in [0.717, 1.165) is 21.3 Å².